The zero-order valence-electron chi connectivity index (χ0n) is 9.44. The minimum Gasteiger partial charge on any atom is -0.384 e. The van der Waals surface area contributed by atoms with E-state index in [1.807, 2.05) is 0 Å². The van der Waals surface area contributed by atoms with Gasteiger partial charge in [0.2, 0.25) is 0 Å². The molecule has 1 rings (SSSR count). The molecule has 0 aliphatic rings. The maximum atomic E-state index is 10.9. The van der Waals surface area contributed by atoms with E-state index in [9.17, 15) is 10.1 Å². The summed E-state index contributed by atoms with van der Waals surface area (Å²) in [5.41, 5.74) is 1.16. The van der Waals surface area contributed by atoms with Gasteiger partial charge in [-0.1, -0.05) is 15.9 Å². The lowest BCUT2D eigenvalue weighted by Gasteiger charge is -2.07. The molecule has 0 saturated carbocycles. The van der Waals surface area contributed by atoms with Gasteiger partial charge in [-0.3, -0.25) is 14.8 Å². The average Bonchev–Trinajstić information content (AvgIpc) is 2.41. The van der Waals surface area contributed by atoms with Crippen molar-refractivity contribution in [3.05, 3.63) is 21.5 Å². The summed E-state index contributed by atoms with van der Waals surface area (Å²) in [5.74, 6) is 0. The molecule has 90 valence electrons. The third kappa shape index (κ3) is 2.79. The van der Waals surface area contributed by atoms with Crippen LogP contribution < -0.4 is 0 Å². The van der Waals surface area contributed by atoms with Crippen molar-refractivity contribution in [1.29, 1.82) is 0 Å². The van der Waals surface area contributed by atoms with Gasteiger partial charge >= 0.3 is 5.69 Å². The lowest BCUT2D eigenvalue weighted by molar-refractivity contribution is -0.386. The number of halogens is 1. The van der Waals surface area contributed by atoms with Crippen LogP contribution in [0.2, 0.25) is 0 Å². The Bertz CT molecular complexity index is 392. The maximum absolute atomic E-state index is 10.9. The highest BCUT2D eigenvalue weighted by Crippen LogP contribution is 2.24. The fourth-order valence-electron chi connectivity index (χ4n) is 1.61. The van der Waals surface area contributed by atoms with Gasteiger partial charge in [-0.15, -0.1) is 0 Å². The van der Waals surface area contributed by atoms with Gasteiger partial charge in [0.15, 0.2) is 0 Å². The zero-order chi connectivity index (χ0) is 12.3. The molecule has 1 aromatic heterocycles. The molecule has 16 heavy (non-hydrogen) atoms. The molecule has 1 atom stereocenters. The summed E-state index contributed by atoms with van der Waals surface area (Å²) < 4.78 is 6.53. The first-order chi connectivity index (χ1) is 7.47. The highest BCUT2D eigenvalue weighted by atomic mass is 79.9. The summed E-state index contributed by atoms with van der Waals surface area (Å²) in [4.78, 5) is 10.6. The van der Waals surface area contributed by atoms with E-state index >= 15 is 0 Å². The number of alkyl halides is 1. The van der Waals surface area contributed by atoms with Crippen LogP contribution >= 0.6 is 15.9 Å². The Morgan fingerprint density at radius 2 is 2.31 bits per heavy atom. The Balaban J connectivity index is 2.98. The summed E-state index contributed by atoms with van der Waals surface area (Å²) in [6.07, 6.45) is 0.515. The van der Waals surface area contributed by atoms with Gasteiger partial charge in [0.25, 0.3) is 0 Å². The molecule has 0 radical (unpaired) electrons. The van der Waals surface area contributed by atoms with E-state index in [0.717, 1.165) is 0 Å². The van der Waals surface area contributed by atoms with Crippen LogP contribution in [0.3, 0.4) is 0 Å². The first-order valence-electron chi connectivity index (χ1n) is 4.77. The van der Waals surface area contributed by atoms with Gasteiger partial charge in [-0.05, 0) is 6.92 Å². The predicted octanol–water partition coefficient (Wildman–Crippen LogP) is 1.59. The average molecular weight is 292 g/mol. The van der Waals surface area contributed by atoms with E-state index in [-0.39, 0.29) is 15.4 Å². The summed E-state index contributed by atoms with van der Waals surface area (Å²) in [7, 11) is 3.30. The van der Waals surface area contributed by atoms with Crippen LogP contribution in [0.5, 0.6) is 0 Å². The van der Waals surface area contributed by atoms with Gasteiger partial charge in [0, 0.05) is 25.4 Å². The monoisotopic (exact) mass is 291 g/mol. The van der Waals surface area contributed by atoms with E-state index in [2.05, 4.69) is 21.0 Å². The molecule has 0 fully saturated rings. The summed E-state index contributed by atoms with van der Waals surface area (Å²) in [6, 6.07) is 0. The Hall–Kier alpha value is -0.950. The van der Waals surface area contributed by atoms with Crippen molar-refractivity contribution in [1.82, 2.24) is 9.78 Å². The molecule has 0 N–H and O–H groups in total. The van der Waals surface area contributed by atoms with E-state index < -0.39 is 0 Å². The van der Waals surface area contributed by atoms with Crippen molar-refractivity contribution >= 4 is 21.6 Å². The van der Waals surface area contributed by atoms with Crippen LogP contribution in [-0.2, 0) is 18.2 Å². The van der Waals surface area contributed by atoms with Gasteiger partial charge in [-0.25, -0.2) is 0 Å². The summed E-state index contributed by atoms with van der Waals surface area (Å²) >= 11 is 3.41. The molecule has 1 unspecified atom stereocenters. The maximum Gasteiger partial charge on any atom is 0.313 e. The lowest BCUT2D eigenvalue weighted by atomic mass is 10.2. The van der Waals surface area contributed by atoms with Crippen LogP contribution in [0.4, 0.5) is 5.69 Å². The third-order valence-electron chi connectivity index (χ3n) is 2.25. The number of nitro groups is 1. The smallest absolute Gasteiger partial charge is 0.313 e. The van der Waals surface area contributed by atoms with Crippen LogP contribution in [0.25, 0.3) is 0 Å². The third-order valence-corrected chi connectivity index (χ3v) is 2.84. The van der Waals surface area contributed by atoms with Gasteiger partial charge in [0.05, 0.1) is 11.5 Å². The number of nitrogens with zero attached hydrogens (tertiary/aromatic N) is 3. The number of aryl methyl sites for hydroxylation is 2. The molecule has 0 amide bonds. The molecule has 0 aliphatic carbocycles. The topological polar surface area (TPSA) is 70.2 Å². The number of ether oxygens (including phenoxy) is 1. The molecule has 6 nitrogen and oxygen atoms in total. The molecule has 0 saturated heterocycles. The zero-order valence-corrected chi connectivity index (χ0v) is 11.0. The summed E-state index contributed by atoms with van der Waals surface area (Å²) in [6.45, 7) is 2.14. The van der Waals surface area contributed by atoms with Crippen molar-refractivity contribution in [2.75, 3.05) is 13.7 Å². The van der Waals surface area contributed by atoms with Crippen LogP contribution in [0.15, 0.2) is 0 Å². The fourth-order valence-corrected chi connectivity index (χ4v) is 2.18. The Kier molecular flexibility index (Phi) is 4.43. The second-order valence-corrected chi connectivity index (χ2v) is 4.81. The quantitative estimate of drug-likeness (QED) is 0.469. The lowest BCUT2D eigenvalue weighted by Crippen LogP contribution is -2.13. The number of hydrogen-bond donors (Lipinski definition) is 0. The largest absolute Gasteiger partial charge is 0.384 e. The van der Waals surface area contributed by atoms with Crippen LogP contribution in [0, 0.1) is 17.0 Å². The second kappa shape index (κ2) is 5.40. The van der Waals surface area contributed by atoms with Crippen LogP contribution in [0.1, 0.15) is 11.4 Å². The first-order valence-corrected chi connectivity index (χ1v) is 5.68. The van der Waals surface area contributed by atoms with E-state index in [4.69, 9.17) is 4.74 Å². The molecule has 7 heteroatoms. The highest BCUT2D eigenvalue weighted by Gasteiger charge is 2.25. The molecular formula is C9H14BrN3O3. The van der Waals surface area contributed by atoms with Gasteiger partial charge in [-0.2, -0.15) is 5.10 Å². The normalized spacial score (nSPS) is 12.8. The number of rotatable bonds is 5. The van der Waals surface area contributed by atoms with Crippen molar-refractivity contribution in [3.8, 4) is 0 Å². The first kappa shape index (κ1) is 13.1. The molecule has 0 spiro atoms. The van der Waals surface area contributed by atoms with Gasteiger partial charge in [0.1, 0.15) is 11.4 Å². The standard InChI is InChI=1S/C9H14BrN3O3/c1-6-9(13(14)15)8(12(2)11-6)4-7(10)5-16-3/h7H,4-5H2,1-3H3. The number of hydrogen-bond acceptors (Lipinski definition) is 4. The van der Waals surface area contributed by atoms with E-state index in [0.29, 0.717) is 24.4 Å². The Morgan fingerprint density at radius 1 is 1.69 bits per heavy atom. The molecular weight excluding hydrogens is 278 g/mol. The Morgan fingerprint density at radius 3 is 2.81 bits per heavy atom. The SMILES string of the molecule is COCC(Br)Cc1c([N+](=O)[O-])c(C)nn1C. The van der Waals surface area contributed by atoms with Crippen molar-refractivity contribution in [2.45, 2.75) is 18.2 Å². The fraction of sp³-hybridized carbons (Fsp3) is 0.667. The molecule has 0 bridgehead atoms. The molecule has 1 aromatic rings. The van der Waals surface area contributed by atoms with Crippen molar-refractivity contribution < 1.29 is 9.66 Å². The predicted molar refractivity (Wildman–Crippen MR) is 62.9 cm³/mol. The minimum atomic E-state index is -0.385. The molecule has 0 aliphatic heterocycles. The number of methoxy groups -OCH3 is 1. The highest BCUT2D eigenvalue weighted by molar-refractivity contribution is 9.09. The van der Waals surface area contributed by atoms with Crippen molar-refractivity contribution in [3.63, 3.8) is 0 Å². The van der Waals surface area contributed by atoms with E-state index in [1.165, 1.54) is 0 Å². The second-order valence-electron chi connectivity index (χ2n) is 3.52. The molecule has 1 heterocycles. The summed E-state index contributed by atoms with van der Waals surface area (Å²) in [5, 5.41) is 15.0. The van der Waals surface area contributed by atoms with E-state index in [1.54, 1.807) is 25.8 Å². The Labute approximate surface area is 102 Å². The van der Waals surface area contributed by atoms with Crippen LogP contribution in [-0.4, -0.2) is 33.2 Å². The van der Waals surface area contributed by atoms with Gasteiger partial charge < -0.3 is 4.74 Å². The number of aromatic nitrogens is 2. The minimum absolute atomic E-state index is 0.0472. The molecule has 0 aromatic carbocycles. The van der Waals surface area contributed by atoms with Crippen molar-refractivity contribution in [2.24, 2.45) is 7.05 Å².